The van der Waals surface area contributed by atoms with Gasteiger partial charge in [0.1, 0.15) is 11.5 Å². The van der Waals surface area contributed by atoms with E-state index in [2.05, 4.69) is 15.5 Å². The lowest BCUT2D eigenvalue weighted by atomic mass is 10.2. The van der Waals surface area contributed by atoms with Gasteiger partial charge in [0.25, 0.3) is 0 Å². The van der Waals surface area contributed by atoms with Gasteiger partial charge in [0.2, 0.25) is 5.91 Å². The molecule has 1 amide bonds. The van der Waals surface area contributed by atoms with Crippen LogP contribution in [0.4, 0.5) is 5.69 Å². The highest BCUT2D eigenvalue weighted by molar-refractivity contribution is 7.99. The van der Waals surface area contributed by atoms with Crippen molar-refractivity contribution in [3.05, 3.63) is 77.3 Å². The Kier molecular flexibility index (Phi) is 7.40. The maximum Gasteiger partial charge on any atom is 0.234 e. The molecule has 0 aliphatic heterocycles. The van der Waals surface area contributed by atoms with E-state index in [-0.39, 0.29) is 11.7 Å². The molecule has 1 aromatic heterocycles. The molecule has 7 nitrogen and oxygen atoms in total. The lowest BCUT2D eigenvalue weighted by Gasteiger charge is -2.12. The third-order valence-corrected chi connectivity index (χ3v) is 6.44. The van der Waals surface area contributed by atoms with Crippen molar-refractivity contribution < 1.29 is 14.3 Å². The molecule has 3 aromatic carbocycles. The molecule has 0 aliphatic carbocycles. The molecule has 0 fully saturated rings. The zero-order valence-electron chi connectivity index (χ0n) is 18.9. The van der Waals surface area contributed by atoms with E-state index in [9.17, 15) is 4.79 Å². The van der Waals surface area contributed by atoms with E-state index in [1.165, 1.54) is 11.8 Å². The zero-order chi connectivity index (χ0) is 24.1. The number of nitrogens with zero attached hydrogens (tertiary/aromatic N) is 3. The number of halogens is 1. The fourth-order valence-corrected chi connectivity index (χ4v) is 4.18. The van der Waals surface area contributed by atoms with Crippen molar-refractivity contribution in [1.82, 2.24) is 14.8 Å². The Balaban J connectivity index is 1.60. The molecule has 0 unspecified atom stereocenters. The van der Waals surface area contributed by atoms with Crippen LogP contribution in [-0.4, -0.2) is 40.6 Å². The second-order valence-electron chi connectivity index (χ2n) is 7.37. The first kappa shape index (κ1) is 23.7. The number of benzene rings is 3. The van der Waals surface area contributed by atoms with Gasteiger partial charge in [-0.25, -0.2) is 0 Å². The average molecular weight is 495 g/mol. The molecule has 0 spiro atoms. The van der Waals surface area contributed by atoms with Crippen LogP contribution in [0.1, 0.15) is 5.56 Å². The summed E-state index contributed by atoms with van der Waals surface area (Å²) in [4.78, 5) is 12.6. The number of amides is 1. The number of aromatic nitrogens is 3. The van der Waals surface area contributed by atoms with Crippen LogP contribution in [0.2, 0.25) is 5.02 Å². The Bertz CT molecular complexity index is 1290. The molecule has 0 radical (unpaired) electrons. The quantitative estimate of drug-likeness (QED) is 0.319. The smallest absolute Gasteiger partial charge is 0.234 e. The van der Waals surface area contributed by atoms with E-state index in [0.717, 1.165) is 28.3 Å². The number of anilines is 1. The first-order valence-electron chi connectivity index (χ1n) is 10.4. The van der Waals surface area contributed by atoms with Gasteiger partial charge < -0.3 is 14.8 Å². The third kappa shape index (κ3) is 5.35. The maximum atomic E-state index is 12.6. The molecule has 1 N–H and O–H groups in total. The number of aryl methyl sites for hydroxylation is 1. The summed E-state index contributed by atoms with van der Waals surface area (Å²) in [5.41, 5.74) is 3.32. The molecule has 4 aromatic rings. The van der Waals surface area contributed by atoms with Crippen molar-refractivity contribution in [1.29, 1.82) is 0 Å². The lowest BCUT2D eigenvalue weighted by molar-refractivity contribution is -0.113. The van der Waals surface area contributed by atoms with Gasteiger partial charge in [-0.1, -0.05) is 29.4 Å². The first-order chi connectivity index (χ1) is 16.5. The Hall–Kier alpha value is -3.49. The number of thioether (sulfide) groups is 1. The van der Waals surface area contributed by atoms with Crippen LogP contribution in [-0.2, 0) is 4.79 Å². The van der Waals surface area contributed by atoms with Crippen molar-refractivity contribution in [3.63, 3.8) is 0 Å². The van der Waals surface area contributed by atoms with Crippen LogP contribution in [0.3, 0.4) is 0 Å². The fourth-order valence-electron chi connectivity index (χ4n) is 3.25. The lowest BCUT2D eigenvalue weighted by Crippen LogP contribution is -2.14. The number of nitrogens with one attached hydrogen (secondary N) is 1. The van der Waals surface area contributed by atoms with Crippen LogP contribution >= 0.6 is 23.4 Å². The Labute approximate surface area is 207 Å². The summed E-state index contributed by atoms with van der Waals surface area (Å²) >= 11 is 7.46. The highest BCUT2D eigenvalue weighted by Gasteiger charge is 2.18. The Morgan fingerprint density at radius 1 is 0.971 bits per heavy atom. The third-order valence-electron chi connectivity index (χ3n) is 5.10. The van der Waals surface area contributed by atoms with Gasteiger partial charge >= 0.3 is 0 Å². The predicted octanol–water partition coefficient (Wildman–Crippen LogP) is 5.64. The molecule has 34 heavy (non-hydrogen) atoms. The molecule has 0 saturated heterocycles. The number of carbonyl (C=O) groups excluding carboxylic acids is 1. The predicted molar refractivity (Wildman–Crippen MR) is 135 cm³/mol. The van der Waals surface area contributed by atoms with Crippen molar-refractivity contribution in [2.75, 3.05) is 25.3 Å². The van der Waals surface area contributed by atoms with Crippen molar-refractivity contribution in [2.45, 2.75) is 12.1 Å². The molecule has 0 saturated carbocycles. The highest BCUT2D eigenvalue weighted by Crippen LogP contribution is 2.30. The molecule has 9 heteroatoms. The molecule has 0 aliphatic rings. The molecule has 174 valence electrons. The minimum absolute atomic E-state index is 0.155. The number of ether oxygens (including phenoxy) is 2. The van der Waals surface area contributed by atoms with Gasteiger partial charge in [-0.05, 0) is 73.2 Å². The van der Waals surface area contributed by atoms with Gasteiger partial charge in [-0.3, -0.25) is 9.36 Å². The van der Waals surface area contributed by atoms with E-state index in [1.807, 2.05) is 72.2 Å². The second kappa shape index (κ2) is 10.6. The summed E-state index contributed by atoms with van der Waals surface area (Å²) in [6.45, 7) is 1.91. The molecular weight excluding hydrogens is 472 g/mol. The molecule has 0 atom stereocenters. The van der Waals surface area contributed by atoms with Crippen molar-refractivity contribution in [3.8, 4) is 28.6 Å². The van der Waals surface area contributed by atoms with Gasteiger partial charge in [-0.15, -0.1) is 10.2 Å². The minimum Gasteiger partial charge on any atom is -0.497 e. The van der Waals surface area contributed by atoms with E-state index >= 15 is 0 Å². The van der Waals surface area contributed by atoms with E-state index in [0.29, 0.717) is 21.7 Å². The number of hydrogen-bond donors (Lipinski definition) is 1. The standard InChI is InChI=1S/C25H23ClN4O3S/c1-16-4-7-18(14-22(16)26)27-23(31)15-34-25-29-28-24(17-5-10-20(32-2)11-6-17)30(25)19-8-12-21(33-3)13-9-19/h4-14H,15H2,1-3H3,(H,27,31). The maximum absolute atomic E-state index is 12.6. The Morgan fingerprint density at radius 2 is 1.62 bits per heavy atom. The SMILES string of the molecule is COc1ccc(-c2nnc(SCC(=O)Nc3ccc(C)c(Cl)c3)n2-c2ccc(OC)cc2)cc1. The normalized spacial score (nSPS) is 10.7. The topological polar surface area (TPSA) is 78.3 Å². The van der Waals surface area contributed by atoms with E-state index in [1.54, 1.807) is 20.3 Å². The van der Waals surface area contributed by atoms with Crippen molar-refractivity contribution >= 4 is 35.0 Å². The fraction of sp³-hybridized carbons (Fsp3) is 0.160. The number of rotatable bonds is 8. The highest BCUT2D eigenvalue weighted by atomic mass is 35.5. The van der Waals surface area contributed by atoms with Gasteiger partial charge in [-0.2, -0.15) is 0 Å². The van der Waals surface area contributed by atoms with Crippen LogP contribution in [0.15, 0.2) is 71.9 Å². The van der Waals surface area contributed by atoms with E-state index < -0.39 is 0 Å². The second-order valence-corrected chi connectivity index (χ2v) is 8.72. The summed E-state index contributed by atoms with van der Waals surface area (Å²) in [7, 11) is 3.25. The first-order valence-corrected chi connectivity index (χ1v) is 11.8. The molecule has 1 heterocycles. The number of methoxy groups -OCH3 is 2. The van der Waals surface area contributed by atoms with Crippen molar-refractivity contribution in [2.24, 2.45) is 0 Å². The Morgan fingerprint density at radius 3 is 2.24 bits per heavy atom. The van der Waals surface area contributed by atoms with Gasteiger partial charge in [0, 0.05) is 22.0 Å². The molecule has 4 rings (SSSR count). The largest absolute Gasteiger partial charge is 0.497 e. The summed E-state index contributed by atoms with van der Waals surface area (Å²) < 4.78 is 12.5. The molecular formula is C25H23ClN4O3S. The summed E-state index contributed by atoms with van der Waals surface area (Å²) in [6.07, 6.45) is 0. The van der Waals surface area contributed by atoms with Crippen LogP contribution in [0.25, 0.3) is 17.1 Å². The monoisotopic (exact) mass is 494 g/mol. The summed E-state index contributed by atoms with van der Waals surface area (Å²) in [5.74, 6) is 2.14. The van der Waals surface area contributed by atoms with E-state index in [4.69, 9.17) is 21.1 Å². The van der Waals surface area contributed by atoms with Gasteiger partial charge in [0.05, 0.1) is 20.0 Å². The number of carbonyl (C=O) groups is 1. The summed E-state index contributed by atoms with van der Waals surface area (Å²) in [5, 5.41) is 12.9. The zero-order valence-corrected chi connectivity index (χ0v) is 20.5. The van der Waals surface area contributed by atoms with Gasteiger partial charge in [0.15, 0.2) is 11.0 Å². The average Bonchev–Trinajstić information content (AvgIpc) is 3.29. The van der Waals surface area contributed by atoms with Crippen LogP contribution < -0.4 is 14.8 Å². The summed E-state index contributed by atoms with van der Waals surface area (Å²) in [6, 6.07) is 20.6. The molecule has 0 bridgehead atoms. The minimum atomic E-state index is -0.166. The van der Waals surface area contributed by atoms with Crippen LogP contribution in [0.5, 0.6) is 11.5 Å². The number of hydrogen-bond acceptors (Lipinski definition) is 6. The van der Waals surface area contributed by atoms with Crippen LogP contribution in [0, 0.1) is 6.92 Å².